The van der Waals surface area contributed by atoms with E-state index in [2.05, 4.69) is 28.7 Å². The van der Waals surface area contributed by atoms with E-state index in [1.807, 2.05) is 71.2 Å². The lowest BCUT2D eigenvalue weighted by molar-refractivity contribution is -0.160. The van der Waals surface area contributed by atoms with Crippen LogP contribution in [-0.4, -0.2) is 53.8 Å². The zero-order chi connectivity index (χ0) is 24.6. The van der Waals surface area contributed by atoms with E-state index < -0.39 is 17.7 Å². The van der Waals surface area contributed by atoms with Gasteiger partial charge in [0.2, 0.25) is 0 Å². The SMILES string of the molecule is Cc1ncc(-c2ccc(N(C)C)nc2)c(N2CCC(C)(C)CC2)c1[C@H](OC(C)(C)C)C(=O)O. The predicted octanol–water partition coefficient (Wildman–Crippen LogP) is 5.09. The van der Waals surface area contributed by atoms with Crippen molar-refractivity contribution in [1.82, 2.24) is 9.97 Å². The molecule has 180 valence electrons. The number of hydrogen-bond donors (Lipinski definition) is 1. The van der Waals surface area contributed by atoms with Gasteiger partial charge in [0.1, 0.15) is 5.82 Å². The summed E-state index contributed by atoms with van der Waals surface area (Å²) < 4.78 is 6.09. The highest BCUT2D eigenvalue weighted by Gasteiger charge is 2.35. The molecular formula is C26H38N4O3. The number of pyridine rings is 2. The monoisotopic (exact) mass is 454 g/mol. The fourth-order valence-electron chi connectivity index (χ4n) is 4.21. The molecule has 3 rings (SSSR count). The minimum atomic E-state index is -1.11. The van der Waals surface area contributed by atoms with Crippen LogP contribution in [0.4, 0.5) is 11.5 Å². The molecule has 0 bridgehead atoms. The second-order valence-corrected chi connectivity index (χ2v) is 10.9. The third-order valence-electron chi connectivity index (χ3n) is 6.20. The average Bonchev–Trinajstić information content (AvgIpc) is 2.71. The molecule has 1 fully saturated rings. The lowest BCUT2D eigenvalue weighted by atomic mass is 9.82. The Hall–Kier alpha value is -2.67. The third-order valence-corrected chi connectivity index (χ3v) is 6.20. The number of nitrogens with zero attached hydrogens (tertiary/aromatic N) is 4. The topological polar surface area (TPSA) is 78.8 Å². The molecule has 0 radical (unpaired) electrons. The maximum atomic E-state index is 12.4. The van der Waals surface area contributed by atoms with E-state index in [0.29, 0.717) is 11.3 Å². The smallest absolute Gasteiger partial charge is 0.337 e. The number of ether oxygens (including phenoxy) is 1. The summed E-state index contributed by atoms with van der Waals surface area (Å²) in [5.41, 5.74) is 3.64. The number of anilines is 2. The molecule has 1 aliphatic heterocycles. The van der Waals surface area contributed by atoms with Gasteiger partial charge in [0.15, 0.2) is 6.10 Å². The van der Waals surface area contributed by atoms with E-state index in [1.54, 1.807) is 0 Å². The van der Waals surface area contributed by atoms with E-state index >= 15 is 0 Å². The molecule has 7 heteroatoms. The molecule has 33 heavy (non-hydrogen) atoms. The zero-order valence-corrected chi connectivity index (χ0v) is 21.3. The van der Waals surface area contributed by atoms with Crippen molar-refractivity contribution in [2.45, 2.75) is 66.1 Å². The lowest BCUT2D eigenvalue weighted by Gasteiger charge is -2.41. The minimum Gasteiger partial charge on any atom is -0.479 e. The quantitative estimate of drug-likeness (QED) is 0.652. The second kappa shape index (κ2) is 9.29. The van der Waals surface area contributed by atoms with Gasteiger partial charge < -0.3 is 19.6 Å². The molecule has 1 saturated heterocycles. The molecule has 0 spiro atoms. The summed E-state index contributed by atoms with van der Waals surface area (Å²) >= 11 is 0. The molecule has 0 saturated carbocycles. The largest absolute Gasteiger partial charge is 0.479 e. The number of carbonyl (C=O) groups is 1. The number of hydrogen-bond acceptors (Lipinski definition) is 6. The third kappa shape index (κ3) is 5.82. The zero-order valence-electron chi connectivity index (χ0n) is 21.3. The number of aromatic nitrogens is 2. The van der Waals surface area contributed by atoms with Crippen LogP contribution in [-0.2, 0) is 9.53 Å². The molecule has 3 heterocycles. The molecule has 1 atom stereocenters. The molecule has 1 aliphatic rings. The normalized spacial score (nSPS) is 17.0. The van der Waals surface area contributed by atoms with Crippen molar-refractivity contribution >= 4 is 17.5 Å². The van der Waals surface area contributed by atoms with Crippen LogP contribution in [0, 0.1) is 12.3 Å². The van der Waals surface area contributed by atoms with E-state index in [1.165, 1.54) is 0 Å². The number of piperidine rings is 1. The summed E-state index contributed by atoms with van der Waals surface area (Å²) in [6.45, 7) is 13.8. The van der Waals surface area contributed by atoms with Gasteiger partial charge in [-0.15, -0.1) is 0 Å². The van der Waals surface area contributed by atoms with Gasteiger partial charge in [-0.1, -0.05) is 13.8 Å². The minimum absolute atomic E-state index is 0.266. The Morgan fingerprint density at radius 1 is 1.15 bits per heavy atom. The van der Waals surface area contributed by atoms with Gasteiger partial charge in [0.25, 0.3) is 0 Å². The van der Waals surface area contributed by atoms with Crippen LogP contribution >= 0.6 is 0 Å². The molecular weight excluding hydrogens is 416 g/mol. The van der Waals surface area contributed by atoms with Crippen molar-refractivity contribution in [1.29, 1.82) is 0 Å². The Balaban J connectivity index is 2.21. The molecule has 0 unspecified atom stereocenters. The standard InChI is InChI=1S/C26H38N4O3/c1-17-21(23(24(31)32)33-25(2,3)4)22(30-13-11-26(5,6)12-14-30)19(16-27-17)18-9-10-20(28-15-18)29(7)8/h9-10,15-16,23H,11-14H2,1-8H3,(H,31,32)/t23-/m0/s1. The van der Waals surface area contributed by atoms with Crippen LogP contribution < -0.4 is 9.80 Å². The Morgan fingerprint density at radius 2 is 1.79 bits per heavy atom. The first-order chi connectivity index (χ1) is 15.3. The molecule has 0 amide bonds. The highest BCUT2D eigenvalue weighted by Crippen LogP contribution is 2.43. The maximum Gasteiger partial charge on any atom is 0.337 e. The van der Waals surface area contributed by atoms with Crippen LogP contribution in [0.15, 0.2) is 24.5 Å². The van der Waals surface area contributed by atoms with Gasteiger partial charge in [0, 0.05) is 62.0 Å². The van der Waals surface area contributed by atoms with Crippen molar-refractivity contribution in [2.24, 2.45) is 5.41 Å². The number of rotatable bonds is 6. The second-order valence-electron chi connectivity index (χ2n) is 10.9. The highest BCUT2D eigenvalue weighted by molar-refractivity contribution is 5.86. The van der Waals surface area contributed by atoms with Crippen LogP contribution in [0.2, 0.25) is 0 Å². The molecule has 0 aliphatic carbocycles. The summed E-state index contributed by atoms with van der Waals surface area (Å²) in [4.78, 5) is 25.9. The Kier molecular flexibility index (Phi) is 7.03. The Labute approximate surface area is 197 Å². The highest BCUT2D eigenvalue weighted by atomic mass is 16.5. The molecule has 2 aromatic rings. The first-order valence-electron chi connectivity index (χ1n) is 11.6. The van der Waals surface area contributed by atoms with E-state index in [4.69, 9.17) is 4.74 Å². The summed E-state index contributed by atoms with van der Waals surface area (Å²) in [6, 6.07) is 3.99. The summed E-state index contributed by atoms with van der Waals surface area (Å²) in [6.07, 6.45) is 4.63. The number of carboxylic acid groups (broad SMARTS) is 1. The van der Waals surface area contributed by atoms with Gasteiger partial charge in [-0.2, -0.15) is 0 Å². The van der Waals surface area contributed by atoms with Gasteiger partial charge in [-0.3, -0.25) is 4.98 Å². The van der Waals surface area contributed by atoms with Crippen molar-refractivity contribution in [3.8, 4) is 11.1 Å². The van der Waals surface area contributed by atoms with Crippen LogP contribution in [0.1, 0.15) is 64.8 Å². The van der Waals surface area contributed by atoms with Crippen molar-refractivity contribution < 1.29 is 14.6 Å². The summed E-state index contributed by atoms with van der Waals surface area (Å²) in [5, 5.41) is 10.2. The van der Waals surface area contributed by atoms with Gasteiger partial charge in [0.05, 0.1) is 11.3 Å². The number of carboxylic acids is 1. The number of aryl methyl sites for hydroxylation is 1. The fourth-order valence-corrected chi connectivity index (χ4v) is 4.21. The summed E-state index contributed by atoms with van der Waals surface area (Å²) in [7, 11) is 3.91. The fraction of sp³-hybridized carbons (Fsp3) is 0.577. The molecule has 2 aromatic heterocycles. The van der Waals surface area contributed by atoms with E-state index in [9.17, 15) is 9.90 Å². The molecule has 1 N–H and O–H groups in total. The van der Waals surface area contributed by atoms with E-state index in [0.717, 1.165) is 48.6 Å². The first-order valence-corrected chi connectivity index (χ1v) is 11.6. The van der Waals surface area contributed by atoms with Gasteiger partial charge in [-0.25, -0.2) is 9.78 Å². The Morgan fingerprint density at radius 3 is 2.27 bits per heavy atom. The maximum absolute atomic E-state index is 12.4. The van der Waals surface area contributed by atoms with Gasteiger partial charge in [-0.05, 0) is 58.1 Å². The predicted molar refractivity (Wildman–Crippen MR) is 133 cm³/mol. The van der Waals surface area contributed by atoms with Crippen molar-refractivity contribution in [3.05, 3.63) is 35.8 Å². The van der Waals surface area contributed by atoms with E-state index in [-0.39, 0.29) is 5.41 Å². The average molecular weight is 455 g/mol. The molecule has 7 nitrogen and oxygen atoms in total. The molecule has 0 aromatic carbocycles. The lowest BCUT2D eigenvalue weighted by Crippen LogP contribution is -2.39. The first kappa shape index (κ1) is 25.0. The summed E-state index contributed by atoms with van der Waals surface area (Å²) in [5.74, 6) is -0.147. The van der Waals surface area contributed by atoms with Crippen molar-refractivity contribution in [3.63, 3.8) is 0 Å². The number of aliphatic carboxylic acids is 1. The van der Waals surface area contributed by atoms with Crippen LogP contribution in [0.3, 0.4) is 0 Å². The van der Waals surface area contributed by atoms with Gasteiger partial charge >= 0.3 is 5.97 Å². The van der Waals surface area contributed by atoms with Crippen LogP contribution in [0.5, 0.6) is 0 Å². The Bertz CT molecular complexity index is 984. The van der Waals surface area contributed by atoms with Crippen LogP contribution in [0.25, 0.3) is 11.1 Å². The van der Waals surface area contributed by atoms with Crippen molar-refractivity contribution in [2.75, 3.05) is 37.0 Å².